The summed E-state index contributed by atoms with van der Waals surface area (Å²) < 4.78 is 31.7. The molecule has 1 saturated heterocycles. The van der Waals surface area contributed by atoms with Gasteiger partial charge >= 0.3 is 24.5 Å². The van der Waals surface area contributed by atoms with E-state index in [-0.39, 0.29) is 13.0 Å². The molecule has 0 aromatic carbocycles. The number of nitrogens with zero attached hydrogens (tertiary/aromatic N) is 1. The summed E-state index contributed by atoms with van der Waals surface area (Å²) in [7, 11) is 0. The molecule has 2 aliphatic rings. The molecule has 1 aliphatic heterocycles. The maximum absolute atomic E-state index is 12.6. The number of hydrogen-bond donors (Lipinski definition) is 0. The van der Waals surface area contributed by atoms with Gasteiger partial charge in [0.1, 0.15) is 23.4 Å². The SMILES string of the molecule is CC(C)(C)OC(=O)OCC1C[C@@H]2[C@@H](OC(=O)N2C(=O)OC(C)(C)C)[C@@H]1OC(=O)OC(C)(C)C. The van der Waals surface area contributed by atoms with Crippen LogP contribution in [0.1, 0.15) is 68.7 Å². The fourth-order valence-corrected chi connectivity index (χ4v) is 3.46. The average molecular weight is 474 g/mol. The Kier molecular flexibility index (Phi) is 7.45. The molecular weight excluding hydrogens is 438 g/mol. The molecule has 188 valence electrons. The fourth-order valence-electron chi connectivity index (χ4n) is 3.46. The van der Waals surface area contributed by atoms with Gasteiger partial charge in [0, 0.05) is 5.92 Å². The van der Waals surface area contributed by atoms with Gasteiger partial charge in [-0.2, -0.15) is 0 Å². The first-order valence-corrected chi connectivity index (χ1v) is 10.8. The van der Waals surface area contributed by atoms with E-state index >= 15 is 0 Å². The van der Waals surface area contributed by atoms with Gasteiger partial charge in [-0.15, -0.1) is 0 Å². The Balaban J connectivity index is 2.19. The van der Waals surface area contributed by atoms with E-state index in [1.54, 1.807) is 62.3 Å². The van der Waals surface area contributed by atoms with Crippen LogP contribution in [-0.2, 0) is 28.4 Å². The maximum atomic E-state index is 12.6. The molecule has 0 N–H and O–H groups in total. The van der Waals surface area contributed by atoms with E-state index in [1.807, 2.05) is 0 Å². The molecular formula is C22H35NO10. The van der Waals surface area contributed by atoms with Crippen molar-refractivity contribution in [2.24, 2.45) is 5.92 Å². The molecule has 0 bridgehead atoms. The van der Waals surface area contributed by atoms with Gasteiger partial charge in [0.25, 0.3) is 0 Å². The number of amides is 2. The molecule has 0 aromatic heterocycles. The van der Waals surface area contributed by atoms with Crippen LogP contribution in [0.2, 0.25) is 0 Å². The molecule has 1 aliphatic carbocycles. The first-order valence-electron chi connectivity index (χ1n) is 10.8. The molecule has 33 heavy (non-hydrogen) atoms. The van der Waals surface area contributed by atoms with Crippen LogP contribution in [-0.4, -0.2) is 71.1 Å². The number of hydrogen-bond acceptors (Lipinski definition) is 10. The van der Waals surface area contributed by atoms with E-state index in [0.717, 1.165) is 4.90 Å². The molecule has 2 amide bonds. The predicted octanol–water partition coefficient (Wildman–Crippen LogP) is 4.40. The number of imide groups is 1. The van der Waals surface area contributed by atoms with Crippen LogP contribution >= 0.6 is 0 Å². The van der Waals surface area contributed by atoms with Crippen molar-refractivity contribution in [3.05, 3.63) is 0 Å². The van der Waals surface area contributed by atoms with Crippen LogP contribution in [0.25, 0.3) is 0 Å². The van der Waals surface area contributed by atoms with Gasteiger partial charge in [-0.1, -0.05) is 0 Å². The van der Waals surface area contributed by atoms with Crippen LogP contribution in [0.4, 0.5) is 19.2 Å². The monoisotopic (exact) mass is 473 g/mol. The van der Waals surface area contributed by atoms with Crippen molar-refractivity contribution < 1.29 is 47.6 Å². The number of rotatable bonds is 3. The average Bonchev–Trinajstić information content (AvgIpc) is 3.03. The Morgan fingerprint density at radius 1 is 0.879 bits per heavy atom. The van der Waals surface area contributed by atoms with Crippen molar-refractivity contribution in [1.29, 1.82) is 0 Å². The van der Waals surface area contributed by atoms with Crippen LogP contribution in [0.3, 0.4) is 0 Å². The zero-order valence-electron chi connectivity index (χ0n) is 20.8. The van der Waals surface area contributed by atoms with E-state index in [1.165, 1.54) is 0 Å². The van der Waals surface area contributed by atoms with Gasteiger partial charge in [0.2, 0.25) is 0 Å². The summed E-state index contributed by atoms with van der Waals surface area (Å²) in [6, 6.07) is -0.771. The summed E-state index contributed by atoms with van der Waals surface area (Å²) in [6.45, 7) is 14.9. The van der Waals surface area contributed by atoms with Gasteiger partial charge in [0.05, 0.1) is 6.04 Å². The Hall–Kier alpha value is -2.72. The van der Waals surface area contributed by atoms with Gasteiger partial charge in [-0.25, -0.2) is 24.1 Å². The van der Waals surface area contributed by atoms with Crippen molar-refractivity contribution in [2.75, 3.05) is 6.61 Å². The van der Waals surface area contributed by atoms with Gasteiger partial charge in [-0.3, -0.25) is 0 Å². The van der Waals surface area contributed by atoms with Crippen molar-refractivity contribution in [1.82, 2.24) is 4.90 Å². The second-order valence-corrected chi connectivity index (χ2v) is 11.1. The molecule has 2 fully saturated rings. The van der Waals surface area contributed by atoms with E-state index in [0.29, 0.717) is 0 Å². The maximum Gasteiger partial charge on any atom is 0.509 e. The number of carbonyl (C=O) groups is 4. The van der Waals surface area contributed by atoms with Crippen LogP contribution in [0, 0.1) is 5.92 Å². The molecule has 0 spiro atoms. The van der Waals surface area contributed by atoms with Crippen molar-refractivity contribution >= 4 is 24.5 Å². The van der Waals surface area contributed by atoms with Gasteiger partial charge in [-0.05, 0) is 68.7 Å². The molecule has 1 heterocycles. The topological polar surface area (TPSA) is 127 Å². The molecule has 0 aromatic rings. The third-order valence-corrected chi connectivity index (χ3v) is 4.49. The lowest BCUT2D eigenvalue weighted by atomic mass is 10.1. The first-order chi connectivity index (χ1) is 14.9. The van der Waals surface area contributed by atoms with Crippen molar-refractivity contribution in [2.45, 2.75) is 104 Å². The number of fused-ring (bicyclic) bond motifs is 1. The normalized spacial score (nSPS) is 25.1. The molecule has 1 unspecified atom stereocenters. The third-order valence-electron chi connectivity index (χ3n) is 4.49. The van der Waals surface area contributed by atoms with Gasteiger partial charge in [0.15, 0.2) is 12.2 Å². The van der Waals surface area contributed by atoms with Crippen molar-refractivity contribution in [3.8, 4) is 0 Å². The lowest BCUT2D eigenvalue weighted by Crippen LogP contribution is -2.43. The lowest BCUT2D eigenvalue weighted by Gasteiger charge is -2.26. The highest BCUT2D eigenvalue weighted by Crippen LogP contribution is 2.40. The summed E-state index contributed by atoms with van der Waals surface area (Å²) in [5.74, 6) is -0.585. The second kappa shape index (κ2) is 9.26. The molecule has 0 radical (unpaired) electrons. The molecule has 11 heteroatoms. The summed E-state index contributed by atoms with van der Waals surface area (Å²) in [6.07, 6.45) is -5.45. The second-order valence-electron chi connectivity index (χ2n) is 11.1. The minimum atomic E-state index is -1.01. The third kappa shape index (κ3) is 7.68. The first kappa shape index (κ1) is 26.5. The summed E-state index contributed by atoms with van der Waals surface area (Å²) in [5, 5.41) is 0. The molecule has 11 nitrogen and oxygen atoms in total. The van der Waals surface area contributed by atoms with Gasteiger partial charge < -0.3 is 28.4 Å². The minimum absolute atomic E-state index is 0.159. The van der Waals surface area contributed by atoms with Crippen LogP contribution in [0.5, 0.6) is 0 Å². The van der Waals surface area contributed by atoms with E-state index in [4.69, 9.17) is 28.4 Å². The Morgan fingerprint density at radius 3 is 1.91 bits per heavy atom. The smallest absolute Gasteiger partial charge is 0.443 e. The lowest BCUT2D eigenvalue weighted by molar-refractivity contribution is -0.0698. The number of ether oxygens (including phenoxy) is 6. The van der Waals surface area contributed by atoms with E-state index < -0.39 is 65.5 Å². The van der Waals surface area contributed by atoms with Crippen molar-refractivity contribution in [3.63, 3.8) is 0 Å². The summed E-state index contributed by atoms with van der Waals surface area (Å²) in [4.78, 5) is 50.3. The highest BCUT2D eigenvalue weighted by molar-refractivity contribution is 5.90. The summed E-state index contributed by atoms with van der Waals surface area (Å²) >= 11 is 0. The Bertz CT molecular complexity index is 774. The number of carbonyl (C=O) groups excluding carboxylic acids is 4. The summed E-state index contributed by atoms with van der Waals surface area (Å²) in [5.41, 5.74) is -2.40. The zero-order valence-corrected chi connectivity index (χ0v) is 20.8. The zero-order chi connectivity index (χ0) is 25.4. The molecule has 1 saturated carbocycles. The Morgan fingerprint density at radius 2 is 1.39 bits per heavy atom. The van der Waals surface area contributed by atoms with E-state index in [2.05, 4.69) is 0 Å². The fraction of sp³-hybridized carbons (Fsp3) is 0.818. The predicted molar refractivity (Wildman–Crippen MR) is 114 cm³/mol. The van der Waals surface area contributed by atoms with E-state index in [9.17, 15) is 19.2 Å². The largest absolute Gasteiger partial charge is 0.509 e. The standard InChI is InChI=1S/C22H35NO10/c1-20(2,3)31-17(25)23-13-10-12(11-28-18(26)32-21(4,5)6)14(15(13)29-16(23)24)30-19(27)33-22(7,8)9/h12-15H,10-11H2,1-9H3/t12?,13-,14-,15-/m1/s1. The molecule has 4 atom stereocenters. The Labute approximate surface area is 193 Å². The highest BCUT2D eigenvalue weighted by atomic mass is 16.8. The highest BCUT2D eigenvalue weighted by Gasteiger charge is 2.59. The minimum Gasteiger partial charge on any atom is -0.443 e. The molecule has 2 rings (SSSR count). The van der Waals surface area contributed by atoms with Crippen LogP contribution < -0.4 is 0 Å². The van der Waals surface area contributed by atoms with Crippen LogP contribution in [0.15, 0.2) is 0 Å². The quantitative estimate of drug-likeness (QED) is 0.430.